The largest absolute Gasteiger partial charge is 0.298 e. The van der Waals surface area contributed by atoms with Gasteiger partial charge in [-0.25, -0.2) is 0 Å². The van der Waals surface area contributed by atoms with Gasteiger partial charge in [0.1, 0.15) is 5.78 Å². The predicted octanol–water partition coefficient (Wildman–Crippen LogP) is 1.42. The Morgan fingerprint density at radius 3 is 2.71 bits per heavy atom. The van der Waals surface area contributed by atoms with Gasteiger partial charge >= 0.3 is 0 Å². The molecular weight excluding hydrogens is 176 g/mol. The van der Waals surface area contributed by atoms with Crippen molar-refractivity contribution in [2.45, 2.75) is 19.4 Å². The zero-order valence-electron chi connectivity index (χ0n) is 8.31. The highest BCUT2D eigenvalue weighted by Crippen LogP contribution is 2.22. The molecule has 0 aromatic carbocycles. The lowest BCUT2D eigenvalue weighted by Gasteiger charge is -2.22. The van der Waals surface area contributed by atoms with E-state index in [1.165, 1.54) is 5.56 Å². The molecule has 2 heterocycles. The summed E-state index contributed by atoms with van der Waals surface area (Å²) in [5.74, 6) is 0.353. The third-order valence-electron chi connectivity index (χ3n) is 2.79. The molecule has 0 bridgehead atoms. The van der Waals surface area contributed by atoms with Crippen LogP contribution >= 0.6 is 0 Å². The number of likely N-dealkylation sites (tertiary alicyclic amines) is 1. The molecule has 1 fully saturated rings. The zero-order chi connectivity index (χ0) is 9.97. The molecule has 1 unspecified atom stereocenters. The molecule has 0 aliphatic carbocycles. The number of rotatable bonds is 2. The van der Waals surface area contributed by atoms with Gasteiger partial charge in [0.2, 0.25) is 0 Å². The van der Waals surface area contributed by atoms with Crippen LogP contribution in [0.3, 0.4) is 0 Å². The number of nitrogens with zero attached hydrogens (tertiary/aromatic N) is 2. The van der Waals surface area contributed by atoms with Gasteiger partial charge in [-0.3, -0.25) is 14.7 Å². The Hall–Kier alpha value is -1.22. The summed E-state index contributed by atoms with van der Waals surface area (Å²) in [6.45, 7) is 3.62. The summed E-state index contributed by atoms with van der Waals surface area (Å²) >= 11 is 0. The van der Waals surface area contributed by atoms with Crippen LogP contribution in [0.15, 0.2) is 24.5 Å². The molecule has 14 heavy (non-hydrogen) atoms. The lowest BCUT2D eigenvalue weighted by atomic mass is 10.1. The van der Waals surface area contributed by atoms with Gasteiger partial charge in [0.25, 0.3) is 0 Å². The van der Waals surface area contributed by atoms with Crippen molar-refractivity contribution in [2.24, 2.45) is 0 Å². The zero-order valence-corrected chi connectivity index (χ0v) is 8.31. The summed E-state index contributed by atoms with van der Waals surface area (Å²) in [6, 6.07) is 4.34. The number of hydrogen-bond donors (Lipinski definition) is 0. The van der Waals surface area contributed by atoms with Crippen molar-refractivity contribution < 1.29 is 4.79 Å². The van der Waals surface area contributed by atoms with Crippen molar-refractivity contribution in [3.8, 4) is 0 Å². The lowest BCUT2D eigenvalue weighted by molar-refractivity contribution is -0.117. The SMILES string of the molecule is CC(c1ccncc1)N1CCC(=O)C1. The average molecular weight is 190 g/mol. The normalized spacial score (nSPS) is 19.9. The highest BCUT2D eigenvalue weighted by Gasteiger charge is 2.24. The molecule has 74 valence electrons. The molecule has 1 aromatic heterocycles. The highest BCUT2D eigenvalue weighted by atomic mass is 16.1. The molecule has 1 atom stereocenters. The fourth-order valence-electron chi connectivity index (χ4n) is 1.84. The van der Waals surface area contributed by atoms with E-state index in [0.29, 0.717) is 24.8 Å². The van der Waals surface area contributed by atoms with Gasteiger partial charge in [-0.1, -0.05) is 0 Å². The Labute approximate surface area is 83.8 Å². The first-order valence-corrected chi connectivity index (χ1v) is 4.93. The Balaban J connectivity index is 2.09. The topological polar surface area (TPSA) is 33.2 Å². The number of hydrogen-bond acceptors (Lipinski definition) is 3. The maximum atomic E-state index is 11.1. The molecule has 3 heteroatoms. The lowest BCUT2D eigenvalue weighted by Crippen LogP contribution is -2.24. The van der Waals surface area contributed by atoms with Crippen molar-refractivity contribution >= 4 is 5.78 Å². The first kappa shape index (κ1) is 9.34. The van der Waals surface area contributed by atoms with Crippen molar-refractivity contribution in [3.05, 3.63) is 30.1 Å². The maximum Gasteiger partial charge on any atom is 0.148 e. The molecule has 1 aromatic rings. The third kappa shape index (κ3) is 1.82. The number of aromatic nitrogens is 1. The molecule has 3 nitrogen and oxygen atoms in total. The Morgan fingerprint density at radius 1 is 1.43 bits per heavy atom. The summed E-state index contributed by atoms with van der Waals surface area (Å²) < 4.78 is 0. The van der Waals surface area contributed by atoms with Crippen LogP contribution in [-0.4, -0.2) is 28.8 Å². The molecule has 0 N–H and O–H groups in total. The summed E-state index contributed by atoms with van der Waals surface area (Å²) in [7, 11) is 0. The molecule has 1 aliphatic heterocycles. The van der Waals surface area contributed by atoms with Crippen molar-refractivity contribution in [1.82, 2.24) is 9.88 Å². The number of pyridine rings is 1. The minimum absolute atomic E-state index is 0.324. The summed E-state index contributed by atoms with van der Waals surface area (Å²) in [6.07, 6.45) is 4.29. The molecule has 0 saturated carbocycles. The third-order valence-corrected chi connectivity index (χ3v) is 2.79. The molecule has 2 rings (SSSR count). The van der Waals surface area contributed by atoms with Crippen LogP contribution in [0.4, 0.5) is 0 Å². The van der Waals surface area contributed by atoms with E-state index in [-0.39, 0.29) is 0 Å². The van der Waals surface area contributed by atoms with E-state index in [0.717, 1.165) is 6.54 Å². The van der Waals surface area contributed by atoms with Crippen LogP contribution in [-0.2, 0) is 4.79 Å². The first-order valence-electron chi connectivity index (χ1n) is 4.93. The van der Waals surface area contributed by atoms with Crippen LogP contribution in [0.2, 0.25) is 0 Å². The standard InChI is InChI=1S/C11H14N2O/c1-9(10-2-5-12-6-3-10)13-7-4-11(14)8-13/h2-3,5-6,9H,4,7-8H2,1H3. The number of carbonyl (C=O) groups is 1. The monoisotopic (exact) mass is 190 g/mol. The quantitative estimate of drug-likeness (QED) is 0.707. The average Bonchev–Trinajstić information content (AvgIpc) is 2.65. The van der Waals surface area contributed by atoms with Crippen molar-refractivity contribution in [3.63, 3.8) is 0 Å². The second-order valence-corrected chi connectivity index (χ2v) is 3.72. The fraction of sp³-hybridized carbons (Fsp3) is 0.455. The number of ketones is 1. The predicted molar refractivity (Wildman–Crippen MR) is 53.8 cm³/mol. The number of Topliss-reactive ketones (excluding diaryl/α,β-unsaturated/α-hetero) is 1. The van der Waals surface area contributed by atoms with E-state index in [9.17, 15) is 4.79 Å². The molecular formula is C11H14N2O. The van der Waals surface area contributed by atoms with Gasteiger partial charge in [0.15, 0.2) is 0 Å². The van der Waals surface area contributed by atoms with Crippen LogP contribution in [0.25, 0.3) is 0 Å². The van der Waals surface area contributed by atoms with Gasteiger partial charge in [0, 0.05) is 31.4 Å². The maximum absolute atomic E-state index is 11.1. The van der Waals surface area contributed by atoms with Gasteiger partial charge in [0.05, 0.1) is 6.54 Å². The van der Waals surface area contributed by atoms with E-state index < -0.39 is 0 Å². The molecule has 1 aliphatic rings. The smallest absolute Gasteiger partial charge is 0.148 e. The fourth-order valence-corrected chi connectivity index (χ4v) is 1.84. The van der Waals surface area contributed by atoms with Gasteiger partial charge in [-0.15, -0.1) is 0 Å². The molecule has 0 spiro atoms. The second kappa shape index (κ2) is 3.88. The van der Waals surface area contributed by atoms with E-state index in [1.54, 1.807) is 12.4 Å². The second-order valence-electron chi connectivity index (χ2n) is 3.72. The molecule has 1 saturated heterocycles. The van der Waals surface area contributed by atoms with Crippen molar-refractivity contribution in [2.75, 3.05) is 13.1 Å². The Kier molecular flexibility index (Phi) is 2.59. The summed E-state index contributed by atoms with van der Waals surface area (Å²) in [5, 5.41) is 0. The summed E-state index contributed by atoms with van der Waals surface area (Å²) in [4.78, 5) is 17.3. The number of carbonyl (C=O) groups excluding carboxylic acids is 1. The minimum Gasteiger partial charge on any atom is -0.298 e. The molecule has 0 radical (unpaired) electrons. The van der Waals surface area contributed by atoms with Gasteiger partial charge in [-0.05, 0) is 24.6 Å². The van der Waals surface area contributed by atoms with E-state index >= 15 is 0 Å². The first-order chi connectivity index (χ1) is 6.77. The van der Waals surface area contributed by atoms with Crippen LogP contribution in [0.1, 0.15) is 24.9 Å². The minimum atomic E-state index is 0.324. The van der Waals surface area contributed by atoms with E-state index in [2.05, 4.69) is 16.8 Å². The Morgan fingerprint density at radius 2 is 2.14 bits per heavy atom. The summed E-state index contributed by atoms with van der Waals surface area (Å²) in [5.41, 5.74) is 1.23. The Bertz CT molecular complexity index is 323. The van der Waals surface area contributed by atoms with E-state index in [1.807, 2.05) is 12.1 Å². The van der Waals surface area contributed by atoms with Crippen LogP contribution < -0.4 is 0 Å². The van der Waals surface area contributed by atoms with Crippen molar-refractivity contribution in [1.29, 1.82) is 0 Å². The molecule has 0 amide bonds. The highest BCUT2D eigenvalue weighted by molar-refractivity contribution is 5.82. The van der Waals surface area contributed by atoms with Crippen LogP contribution in [0.5, 0.6) is 0 Å². The van der Waals surface area contributed by atoms with Gasteiger partial charge in [-0.2, -0.15) is 0 Å². The van der Waals surface area contributed by atoms with E-state index in [4.69, 9.17) is 0 Å². The van der Waals surface area contributed by atoms with Crippen LogP contribution in [0, 0.1) is 0 Å². The van der Waals surface area contributed by atoms with Gasteiger partial charge < -0.3 is 0 Å².